The molecule has 0 bridgehead atoms. The van der Waals surface area contributed by atoms with Crippen molar-refractivity contribution in [1.29, 1.82) is 0 Å². The van der Waals surface area contributed by atoms with Crippen LogP contribution in [0.5, 0.6) is 5.75 Å². The summed E-state index contributed by atoms with van der Waals surface area (Å²) in [7, 11) is 1.56. The van der Waals surface area contributed by atoms with Crippen LogP contribution < -0.4 is 4.74 Å². The van der Waals surface area contributed by atoms with Gasteiger partial charge in [0.2, 0.25) is 0 Å². The third kappa shape index (κ3) is 2.38. The molecule has 0 aliphatic rings. The maximum absolute atomic E-state index is 11.4. The fourth-order valence-corrected chi connectivity index (χ4v) is 2.58. The highest BCUT2D eigenvalue weighted by Crippen LogP contribution is 2.27. The summed E-state index contributed by atoms with van der Waals surface area (Å²) in [4.78, 5) is 15.6. The smallest absolute Gasteiger partial charge is 0.356 e. The minimum absolute atomic E-state index is 0.0210. The molecule has 0 atom stereocenters. The first-order valence-corrected chi connectivity index (χ1v) is 6.95. The van der Waals surface area contributed by atoms with Crippen molar-refractivity contribution in [2.45, 2.75) is 0 Å². The first-order chi connectivity index (χ1) is 10.1. The lowest BCUT2D eigenvalue weighted by Gasteiger charge is -2.04. The summed E-state index contributed by atoms with van der Waals surface area (Å²) in [6.07, 6.45) is 1.73. The molecule has 3 aromatic rings. The largest absolute Gasteiger partial charge is 0.495 e. The first kappa shape index (κ1) is 13.6. The molecule has 106 valence electrons. The van der Waals surface area contributed by atoms with Crippen LogP contribution in [0, 0.1) is 0 Å². The van der Waals surface area contributed by atoms with E-state index in [1.807, 2.05) is 24.3 Å². The van der Waals surface area contributed by atoms with E-state index in [1.54, 1.807) is 29.8 Å². The van der Waals surface area contributed by atoms with E-state index >= 15 is 0 Å². The zero-order valence-corrected chi connectivity index (χ0v) is 12.7. The summed E-state index contributed by atoms with van der Waals surface area (Å²) >= 11 is 3.41. The second-order valence-electron chi connectivity index (χ2n) is 4.42. The predicted octanol–water partition coefficient (Wildman–Crippen LogP) is 3.47. The number of carboxylic acids is 1. The fraction of sp³-hybridized carbons (Fsp3) is 0.0667. The molecule has 3 rings (SSSR count). The van der Waals surface area contributed by atoms with Crippen molar-refractivity contribution in [3.63, 3.8) is 0 Å². The zero-order chi connectivity index (χ0) is 15.0. The third-order valence-corrected chi connectivity index (χ3v) is 3.62. The van der Waals surface area contributed by atoms with E-state index in [1.165, 1.54) is 0 Å². The van der Waals surface area contributed by atoms with Gasteiger partial charge in [-0.15, -0.1) is 0 Å². The number of aromatic carboxylic acids is 1. The number of aromatic nitrogens is 2. The molecule has 0 aliphatic heterocycles. The van der Waals surface area contributed by atoms with Crippen molar-refractivity contribution in [3.05, 3.63) is 52.8 Å². The summed E-state index contributed by atoms with van der Waals surface area (Å²) < 4.78 is 7.83. The predicted molar refractivity (Wildman–Crippen MR) is 81.8 cm³/mol. The lowest BCUT2D eigenvalue weighted by Crippen LogP contribution is -1.97. The van der Waals surface area contributed by atoms with E-state index < -0.39 is 5.97 Å². The van der Waals surface area contributed by atoms with Gasteiger partial charge in [-0.1, -0.05) is 28.1 Å². The monoisotopic (exact) mass is 346 g/mol. The second kappa shape index (κ2) is 5.21. The molecule has 0 saturated heterocycles. The van der Waals surface area contributed by atoms with E-state index in [-0.39, 0.29) is 5.69 Å². The minimum Gasteiger partial charge on any atom is -0.495 e. The molecule has 0 saturated carbocycles. The van der Waals surface area contributed by atoms with Crippen LogP contribution in [0.15, 0.2) is 47.1 Å². The Labute approximate surface area is 128 Å². The van der Waals surface area contributed by atoms with Crippen molar-refractivity contribution in [2.24, 2.45) is 0 Å². The number of hydrogen-bond acceptors (Lipinski definition) is 3. The average Bonchev–Trinajstić information content (AvgIpc) is 2.86. The number of hydrogen-bond donors (Lipinski definition) is 1. The molecule has 1 aromatic carbocycles. The lowest BCUT2D eigenvalue weighted by atomic mass is 10.2. The number of methoxy groups -OCH3 is 1. The third-order valence-electron chi connectivity index (χ3n) is 3.13. The molecular formula is C15H11BrN2O3. The standard InChI is InChI=1S/C15H11BrN2O3/c1-21-11-5-6-12-13(15(19)20)17-14(18(12)8-11)9-3-2-4-10(16)7-9/h2-8H,1H3,(H,19,20). The molecule has 1 N–H and O–H groups in total. The van der Waals surface area contributed by atoms with Gasteiger partial charge < -0.3 is 9.84 Å². The minimum atomic E-state index is -1.06. The molecule has 0 spiro atoms. The Hall–Kier alpha value is -2.34. The first-order valence-electron chi connectivity index (χ1n) is 6.15. The Morgan fingerprint density at radius 1 is 1.33 bits per heavy atom. The van der Waals surface area contributed by atoms with E-state index in [2.05, 4.69) is 20.9 Å². The number of ether oxygens (including phenoxy) is 1. The Kier molecular flexibility index (Phi) is 3.39. The van der Waals surface area contributed by atoms with Crippen LogP contribution in [0.2, 0.25) is 0 Å². The highest BCUT2D eigenvalue weighted by atomic mass is 79.9. The van der Waals surface area contributed by atoms with Crippen LogP contribution in [0.3, 0.4) is 0 Å². The number of rotatable bonds is 3. The number of imidazole rings is 1. The molecule has 0 amide bonds. The van der Waals surface area contributed by atoms with Crippen LogP contribution in [-0.4, -0.2) is 27.6 Å². The summed E-state index contributed by atoms with van der Waals surface area (Å²) in [6, 6.07) is 11.0. The normalized spacial score (nSPS) is 10.8. The molecule has 0 unspecified atom stereocenters. The van der Waals surface area contributed by atoms with Gasteiger partial charge in [0.1, 0.15) is 11.6 Å². The van der Waals surface area contributed by atoms with Gasteiger partial charge in [0, 0.05) is 10.0 Å². The van der Waals surface area contributed by atoms with Gasteiger partial charge in [-0.3, -0.25) is 4.40 Å². The maximum Gasteiger partial charge on any atom is 0.356 e. The molecular weight excluding hydrogens is 336 g/mol. The quantitative estimate of drug-likeness (QED) is 0.788. The van der Waals surface area contributed by atoms with Crippen LogP contribution in [0.1, 0.15) is 10.5 Å². The summed E-state index contributed by atoms with van der Waals surface area (Å²) in [6.45, 7) is 0. The van der Waals surface area contributed by atoms with Gasteiger partial charge in [-0.2, -0.15) is 0 Å². The van der Waals surface area contributed by atoms with E-state index in [0.717, 1.165) is 10.0 Å². The van der Waals surface area contributed by atoms with E-state index in [9.17, 15) is 9.90 Å². The molecule has 5 nitrogen and oxygen atoms in total. The summed E-state index contributed by atoms with van der Waals surface area (Å²) in [5, 5.41) is 9.31. The van der Waals surface area contributed by atoms with E-state index in [0.29, 0.717) is 17.1 Å². The molecule has 6 heteroatoms. The van der Waals surface area contributed by atoms with Crippen LogP contribution in [0.4, 0.5) is 0 Å². The lowest BCUT2D eigenvalue weighted by molar-refractivity contribution is 0.0693. The number of nitrogens with zero attached hydrogens (tertiary/aromatic N) is 2. The van der Waals surface area contributed by atoms with Crippen LogP contribution >= 0.6 is 15.9 Å². The second-order valence-corrected chi connectivity index (χ2v) is 5.34. The highest BCUT2D eigenvalue weighted by molar-refractivity contribution is 9.10. The molecule has 2 heterocycles. The average molecular weight is 347 g/mol. The molecule has 0 aliphatic carbocycles. The Bertz CT molecular complexity index is 842. The van der Waals surface area contributed by atoms with Crippen LogP contribution in [-0.2, 0) is 0 Å². The Morgan fingerprint density at radius 2 is 2.14 bits per heavy atom. The van der Waals surface area contributed by atoms with Crippen molar-refractivity contribution < 1.29 is 14.6 Å². The Morgan fingerprint density at radius 3 is 2.81 bits per heavy atom. The molecule has 0 fully saturated rings. The number of fused-ring (bicyclic) bond motifs is 1. The van der Waals surface area contributed by atoms with Gasteiger partial charge in [0.05, 0.1) is 18.8 Å². The zero-order valence-electron chi connectivity index (χ0n) is 11.1. The topological polar surface area (TPSA) is 63.8 Å². The summed E-state index contributed by atoms with van der Waals surface area (Å²) in [5.41, 5.74) is 1.37. The number of benzene rings is 1. The van der Waals surface area contributed by atoms with Crippen molar-refractivity contribution >= 4 is 27.4 Å². The highest BCUT2D eigenvalue weighted by Gasteiger charge is 2.18. The van der Waals surface area contributed by atoms with Gasteiger partial charge >= 0.3 is 5.97 Å². The van der Waals surface area contributed by atoms with Gasteiger partial charge in [0.25, 0.3) is 0 Å². The summed E-state index contributed by atoms with van der Waals surface area (Å²) in [5.74, 6) is 0.134. The van der Waals surface area contributed by atoms with Gasteiger partial charge in [-0.25, -0.2) is 9.78 Å². The fourth-order valence-electron chi connectivity index (χ4n) is 2.18. The van der Waals surface area contributed by atoms with Crippen molar-refractivity contribution in [1.82, 2.24) is 9.38 Å². The molecule has 2 aromatic heterocycles. The molecule has 0 radical (unpaired) electrons. The SMILES string of the molecule is COc1ccc2c(C(=O)O)nc(-c3cccc(Br)c3)n2c1. The van der Waals surface area contributed by atoms with Crippen molar-refractivity contribution in [2.75, 3.05) is 7.11 Å². The van der Waals surface area contributed by atoms with E-state index in [4.69, 9.17) is 4.74 Å². The van der Waals surface area contributed by atoms with Crippen molar-refractivity contribution in [3.8, 4) is 17.1 Å². The maximum atomic E-state index is 11.4. The molecule has 21 heavy (non-hydrogen) atoms. The van der Waals surface area contributed by atoms with Gasteiger partial charge in [0.15, 0.2) is 5.69 Å². The van der Waals surface area contributed by atoms with Crippen LogP contribution in [0.25, 0.3) is 16.9 Å². The Balaban J connectivity index is 2.33. The number of carbonyl (C=O) groups is 1. The number of carboxylic acid groups (broad SMARTS) is 1. The van der Waals surface area contributed by atoms with Gasteiger partial charge in [-0.05, 0) is 24.3 Å². The number of pyridine rings is 1. The number of halogens is 1.